The molecule has 0 aliphatic carbocycles. The van der Waals surface area contributed by atoms with Crippen molar-refractivity contribution >= 4 is 18.0 Å². The standard InChI is InChI=1S/C25H34N4O4/c1-19(2)23(24(31)33-25(3,4)5)27-14-6-9-22(30)32-15-7-8-20-10-12-21(13-11-20)16-29-18-26-17-28-29/h6-13,17-19,23,27H,14-16H2,1-5H3/t23-/m0/s1. The first-order chi connectivity index (χ1) is 15.6. The normalized spacial score (nSPS) is 13.0. The number of hydrogen-bond donors (Lipinski definition) is 1. The molecular weight excluding hydrogens is 420 g/mol. The maximum absolute atomic E-state index is 12.3. The van der Waals surface area contributed by atoms with Crippen molar-refractivity contribution in [3.05, 3.63) is 66.3 Å². The van der Waals surface area contributed by atoms with E-state index >= 15 is 0 Å². The molecule has 1 atom stereocenters. The lowest BCUT2D eigenvalue weighted by Gasteiger charge is -2.26. The highest BCUT2D eigenvalue weighted by atomic mass is 16.6. The van der Waals surface area contributed by atoms with Crippen molar-refractivity contribution in [2.24, 2.45) is 5.92 Å². The van der Waals surface area contributed by atoms with Gasteiger partial charge in [-0.15, -0.1) is 0 Å². The number of ether oxygens (including phenoxy) is 2. The van der Waals surface area contributed by atoms with E-state index in [0.717, 1.165) is 11.1 Å². The highest BCUT2D eigenvalue weighted by Gasteiger charge is 2.26. The Labute approximate surface area is 195 Å². The van der Waals surface area contributed by atoms with Gasteiger partial charge in [-0.3, -0.25) is 4.79 Å². The summed E-state index contributed by atoms with van der Waals surface area (Å²) in [5.74, 6) is -0.685. The van der Waals surface area contributed by atoms with Crippen LogP contribution in [0.15, 0.2) is 55.1 Å². The average Bonchev–Trinajstić information content (AvgIpc) is 3.23. The maximum Gasteiger partial charge on any atom is 0.330 e. The first-order valence-electron chi connectivity index (χ1n) is 11.0. The monoisotopic (exact) mass is 454 g/mol. The molecule has 0 fully saturated rings. The Morgan fingerprint density at radius 1 is 1.15 bits per heavy atom. The van der Waals surface area contributed by atoms with Crippen molar-refractivity contribution in [1.29, 1.82) is 0 Å². The lowest BCUT2D eigenvalue weighted by Crippen LogP contribution is -2.44. The van der Waals surface area contributed by atoms with Gasteiger partial charge in [-0.05, 0) is 43.9 Å². The molecule has 8 heteroatoms. The molecule has 1 N–H and O–H groups in total. The van der Waals surface area contributed by atoms with Crippen molar-refractivity contribution in [3.8, 4) is 0 Å². The van der Waals surface area contributed by atoms with Gasteiger partial charge < -0.3 is 14.8 Å². The molecule has 0 spiro atoms. The number of nitrogens with one attached hydrogen (secondary N) is 1. The van der Waals surface area contributed by atoms with Crippen molar-refractivity contribution < 1.29 is 19.1 Å². The molecule has 0 saturated heterocycles. The second-order valence-corrected chi connectivity index (χ2v) is 8.93. The van der Waals surface area contributed by atoms with Gasteiger partial charge in [0.15, 0.2) is 0 Å². The summed E-state index contributed by atoms with van der Waals surface area (Å²) in [6.45, 7) is 10.6. The van der Waals surface area contributed by atoms with Gasteiger partial charge in [0.05, 0.1) is 6.54 Å². The van der Waals surface area contributed by atoms with E-state index in [4.69, 9.17) is 9.47 Å². The van der Waals surface area contributed by atoms with Crippen molar-refractivity contribution in [3.63, 3.8) is 0 Å². The second kappa shape index (κ2) is 12.7. The summed E-state index contributed by atoms with van der Waals surface area (Å²) in [6.07, 6.45) is 9.86. The van der Waals surface area contributed by atoms with Gasteiger partial charge in [-0.25, -0.2) is 14.5 Å². The van der Waals surface area contributed by atoms with Crippen LogP contribution in [0, 0.1) is 5.92 Å². The summed E-state index contributed by atoms with van der Waals surface area (Å²) < 4.78 is 12.4. The van der Waals surface area contributed by atoms with Crippen molar-refractivity contribution in [2.75, 3.05) is 13.2 Å². The van der Waals surface area contributed by atoms with Crippen LogP contribution in [0.3, 0.4) is 0 Å². The lowest BCUT2D eigenvalue weighted by atomic mass is 10.0. The molecule has 0 radical (unpaired) electrons. The summed E-state index contributed by atoms with van der Waals surface area (Å²) in [5, 5.41) is 7.20. The van der Waals surface area contributed by atoms with Gasteiger partial charge >= 0.3 is 11.9 Å². The van der Waals surface area contributed by atoms with Crippen LogP contribution in [0.25, 0.3) is 6.08 Å². The van der Waals surface area contributed by atoms with Crippen LogP contribution < -0.4 is 5.32 Å². The van der Waals surface area contributed by atoms with Crippen molar-refractivity contribution in [1.82, 2.24) is 20.1 Å². The fourth-order valence-corrected chi connectivity index (χ4v) is 2.90. The van der Waals surface area contributed by atoms with Crippen LogP contribution in [0.2, 0.25) is 0 Å². The van der Waals surface area contributed by atoms with Crippen LogP contribution >= 0.6 is 0 Å². The molecular formula is C25H34N4O4. The van der Waals surface area contributed by atoms with E-state index < -0.39 is 17.6 Å². The number of aromatic nitrogens is 3. The third kappa shape index (κ3) is 10.3. The number of esters is 2. The zero-order chi connectivity index (χ0) is 24.3. The van der Waals surface area contributed by atoms with Gasteiger partial charge in [-0.2, -0.15) is 5.10 Å². The minimum atomic E-state index is -0.543. The van der Waals surface area contributed by atoms with Gasteiger partial charge in [0.2, 0.25) is 0 Å². The minimum absolute atomic E-state index is 0.0574. The van der Waals surface area contributed by atoms with Crippen LogP contribution in [-0.4, -0.2) is 51.5 Å². The molecule has 1 heterocycles. The molecule has 8 nitrogen and oxygen atoms in total. The Balaban J connectivity index is 1.70. The SMILES string of the molecule is CC(C)[C@H](NCC=CC(=O)OCC=Cc1ccc(Cn2cncn2)cc1)C(=O)OC(C)(C)C. The van der Waals surface area contributed by atoms with Gasteiger partial charge in [-0.1, -0.05) is 50.3 Å². The van der Waals surface area contributed by atoms with Gasteiger partial charge in [0.1, 0.15) is 30.9 Å². The van der Waals surface area contributed by atoms with Crippen LogP contribution in [0.5, 0.6) is 0 Å². The number of rotatable bonds is 11. The predicted molar refractivity (Wildman–Crippen MR) is 127 cm³/mol. The second-order valence-electron chi connectivity index (χ2n) is 8.93. The molecule has 0 unspecified atom stereocenters. The maximum atomic E-state index is 12.3. The predicted octanol–water partition coefficient (Wildman–Crippen LogP) is 3.39. The third-order valence-electron chi connectivity index (χ3n) is 4.46. The quantitative estimate of drug-likeness (QED) is 0.411. The topological polar surface area (TPSA) is 95.3 Å². The molecule has 1 aromatic carbocycles. The number of hydrogen-bond acceptors (Lipinski definition) is 7. The first-order valence-corrected chi connectivity index (χ1v) is 11.0. The Bertz CT molecular complexity index is 926. The lowest BCUT2D eigenvalue weighted by molar-refractivity contribution is -0.158. The Hall–Kier alpha value is -3.26. The Morgan fingerprint density at radius 3 is 2.48 bits per heavy atom. The van der Waals surface area contributed by atoms with Crippen molar-refractivity contribution in [2.45, 2.75) is 52.8 Å². The van der Waals surface area contributed by atoms with E-state index in [-0.39, 0.29) is 18.5 Å². The van der Waals surface area contributed by atoms with E-state index in [1.165, 1.54) is 12.4 Å². The van der Waals surface area contributed by atoms with Gasteiger partial charge in [0, 0.05) is 12.6 Å². The summed E-state index contributed by atoms with van der Waals surface area (Å²) in [4.78, 5) is 28.1. The van der Waals surface area contributed by atoms with E-state index in [1.54, 1.807) is 23.2 Å². The summed E-state index contributed by atoms with van der Waals surface area (Å²) in [5.41, 5.74) is 1.59. The first kappa shape index (κ1) is 26.0. The molecule has 0 bridgehead atoms. The van der Waals surface area contributed by atoms with Crippen LogP contribution in [-0.2, 0) is 25.6 Å². The largest absolute Gasteiger partial charge is 0.459 e. The zero-order valence-electron chi connectivity index (χ0n) is 20.0. The smallest absolute Gasteiger partial charge is 0.330 e. The third-order valence-corrected chi connectivity index (χ3v) is 4.46. The summed E-state index contributed by atoms with van der Waals surface area (Å²) in [6, 6.07) is 7.57. The number of carbonyl (C=O) groups is 2. The molecule has 0 aliphatic heterocycles. The molecule has 33 heavy (non-hydrogen) atoms. The fraction of sp³-hybridized carbons (Fsp3) is 0.440. The van der Waals surface area contributed by atoms with Crippen LogP contribution in [0.1, 0.15) is 45.7 Å². The highest BCUT2D eigenvalue weighted by Crippen LogP contribution is 2.12. The minimum Gasteiger partial charge on any atom is -0.459 e. The Kier molecular flexibility index (Phi) is 10.00. The average molecular weight is 455 g/mol. The van der Waals surface area contributed by atoms with E-state index in [0.29, 0.717) is 13.1 Å². The van der Waals surface area contributed by atoms with E-state index in [9.17, 15) is 9.59 Å². The molecule has 0 amide bonds. The molecule has 1 aromatic heterocycles. The fourth-order valence-electron chi connectivity index (χ4n) is 2.90. The molecule has 0 aliphatic rings. The molecule has 2 rings (SSSR count). The summed E-state index contributed by atoms with van der Waals surface area (Å²) in [7, 11) is 0. The number of nitrogens with zero attached hydrogens (tertiary/aromatic N) is 3. The zero-order valence-corrected chi connectivity index (χ0v) is 20.0. The van der Waals surface area contributed by atoms with Crippen LogP contribution in [0.4, 0.5) is 0 Å². The number of benzene rings is 1. The molecule has 0 saturated carbocycles. The Morgan fingerprint density at radius 2 is 1.88 bits per heavy atom. The molecule has 2 aromatic rings. The number of carbonyl (C=O) groups excluding carboxylic acids is 2. The van der Waals surface area contributed by atoms with E-state index in [1.807, 2.05) is 65.0 Å². The highest BCUT2D eigenvalue weighted by molar-refractivity contribution is 5.82. The molecule has 178 valence electrons. The van der Waals surface area contributed by atoms with E-state index in [2.05, 4.69) is 15.4 Å². The summed E-state index contributed by atoms with van der Waals surface area (Å²) >= 11 is 0. The van der Waals surface area contributed by atoms with Gasteiger partial charge in [0.25, 0.3) is 0 Å².